The largest absolute Gasteiger partial charge is 0.310 e. The van der Waals surface area contributed by atoms with E-state index in [4.69, 9.17) is 0 Å². The summed E-state index contributed by atoms with van der Waals surface area (Å²) in [5.74, 6) is 0.970. The molecule has 2 aromatic rings. The molecular weight excluding hydrogens is 276 g/mol. The van der Waals surface area contributed by atoms with Crippen LogP contribution in [0.1, 0.15) is 42.1 Å². The first-order chi connectivity index (χ1) is 10.1. The molecular formula is C18H24N2S. The van der Waals surface area contributed by atoms with Gasteiger partial charge in [-0.3, -0.25) is 0 Å². The second-order valence-corrected chi connectivity index (χ2v) is 6.49. The van der Waals surface area contributed by atoms with Gasteiger partial charge in [0.05, 0.1) is 5.03 Å². The third-order valence-electron chi connectivity index (χ3n) is 3.44. The number of nitrogens with zero attached hydrogens (tertiary/aromatic N) is 1. The normalized spacial score (nSPS) is 12.4. The first-order valence-corrected chi connectivity index (χ1v) is 8.46. The molecule has 0 bridgehead atoms. The first kappa shape index (κ1) is 16.1. The average Bonchev–Trinajstić information content (AvgIpc) is 2.45. The van der Waals surface area contributed by atoms with Crippen molar-refractivity contribution in [2.75, 3.05) is 6.54 Å². The van der Waals surface area contributed by atoms with Crippen LogP contribution in [0.4, 0.5) is 0 Å². The Hall–Kier alpha value is -1.32. The van der Waals surface area contributed by atoms with Crippen LogP contribution >= 0.6 is 11.8 Å². The van der Waals surface area contributed by atoms with E-state index in [9.17, 15) is 0 Å². The molecule has 2 nitrogen and oxygen atoms in total. The standard InChI is InChI=1S/C18H24N2S/c1-5-19-15(4)17-6-7-18(20-11-17)21-12-16-9-13(2)8-14(3)10-16/h6-11,15,19H,5,12H2,1-4H3. The van der Waals surface area contributed by atoms with Crippen molar-refractivity contribution in [2.45, 2.75) is 44.5 Å². The number of pyridine rings is 1. The average molecular weight is 300 g/mol. The fourth-order valence-electron chi connectivity index (χ4n) is 2.47. The maximum absolute atomic E-state index is 4.56. The molecule has 1 unspecified atom stereocenters. The van der Waals surface area contributed by atoms with E-state index in [1.54, 1.807) is 11.8 Å². The summed E-state index contributed by atoms with van der Waals surface area (Å²) in [5.41, 5.74) is 5.26. The Morgan fingerprint density at radius 2 is 1.86 bits per heavy atom. The van der Waals surface area contributed by atoms with Gasteiger partial charge in [0, 0.05) is 18.0 Å². The molecule has 1 aromatic heterocycles. The molecule has 0 fully saturated rings. The Balaban J connectivity index is 1.97. The minimum Gasteiger partial charge on any atom is -0.310 e. The zero-order chi connectivity index (χ0) is 15.2. The summed E-state index contributed by atoms with van der Waals surface area (Å²) in [5, 5.41) is 4.49. The fourth-order valence-corrected chi connectivity index (χ4v) is 3.24. The Labute approximate surface area is 132 Å². The summed E-state index contributed by atoms with van der Waals surface area (Å²) >= 11 is 1.79. The molecule has 0 saturated carbocycles. The number of hydrogen-bond donors (Lipinski definition) is 1. The lowest BCUT2D eigenvalue weighted by molar-refractivity contribution is 0.595. The molecule has 2 rings (SSSR count). The van der Waals surface area contributed by atoms with Gasteiger partial charge in [-0.25, -0.2) is 4.98 Å². The van der Waals surface area contributed by atoms with Gasteiger partial charge >= 0.3 is 0 Å². The third kappa shape index (κ3) is 4.87. The third-order valence-corrected chi connectivity index (χ3v) is 4.45. The molecule has 21 heavy (non-hydrogen) atoms. The predicted octanol–water partition coefficient (Wildman–Crippen LogP) is 4.66. The van der Waals surface area contributed by atoms with Gasteiger partial charge in [0.2, 0.25) is 0 Å². The van der Waals surface area contributed by atoms with E-state index in [1.807, 2.05) is 6.20 Å². The van der Waals surface area contributed by atoms with Crippen molar-refractivity contribution < 1.29 is 0 Å². The molecule has 0 amide bonds. The number of rotatable bonds is 6. The van der Waals surface area contributed by atoms with Gasteiger partial charge in [-0.05, 0) is 44.5 Å². The van der Waals surface area contributed by atoms with Crippen molar-refractivity contribution in [2.24, 2.45) is 0 Å². The van der Waals surface area contributed by atoms with Crippen molar-refractivity contribution in [1.82, 2.24) is 10.3 Å². The van der Waals surface area contributed by atoms with Crippen molar-refractivity contribution in [1.29, 1.82) is 0 Å². The topological polar surface area (TPSA) is 24.9 Å². The van der Waals surface area contributed by atoms with Gasteiger partial charge in [-0.2, -0.15) is 0 Å². The van der Waals surface area contributed by atoms with Crippen molar-refractivity contribution in [3.8, 4) is 0 Å². The Morgan fingerprint density at radius 3 is 2.43 bits per heavy atom. The highest BCUT2D eigenvalue weighted by Gasteiger charge is 2.05. The van der Waals surface area contributed by atoms with Gasteiger partial charge in [0.15, 0.2) is 0 Å². The lowest BCUT2D eigenvalue weighted by atomic mass is 10.1. The number of aryl methyl sites for hydroxylation is 2. The smallest absolute Gasteiger partial charge is 0.0963 e. The molecule has 1 N–H and O–H groups in total. The van der Waals surface area contributed by atoms with Crippen LogP contribution in [-0.2, 0) is 5.75 Å². The molecule has 1 aromatic carbocycles. The SMILES string of the molecule is CCNC(C)c1ccc(SCc2cc(C)cc(C)c2)nc1. The molecule has 0 aliphatic heterocycles. The van der Waals surface area contributed by atoms with Gasteiger partial charge < -0.3 is 5.32 Å². The van der Waals surface area contributed by atoms with Crippen LogP contribution in [0.5, 0.6) is 0 Å². The van der Waals surface area contributed by atoms with Crippen molar-refractivity contribution in [3.63, 3.8) is 0 Å². The summed E-state index contributed by atoms with van der Waals surface area (Å²) in [6.07, 6.45) is 1.98. The molecule has 0 aliphatic carbocycles. The van der Waals surface area contributed by atoms with Crippen LogP contribution in [-0.4, -0.2) is 11.5 Å². The first-order valence-electron chi connectivity index (χ1n) is 7.47. The van der Waals surface area contributed by atoms with Crippen molar-refractivity contribution >= 4 is 11.8 Å². The van der Waals surface area contributed by atoms with Crippen LogP contribution in [0.15, 0.2) is 41.6 Å². The Bertz CT molecular complexity index is 558. The van der Waals surface area contributed by atoms with Gasteiger partial charge in [-0.15, -0.1) is 11.8 Å². The maximum Gasteiger partial charge on any atom is 0.0963 e. The number of hydrogen-bond acceptors (Lipinski definition) is 3. The highest BCUT2D eigenvalue weighted by Crippen LogP contribution is 2.23. The van der Waals surface area contributed by atoms with E-state index in [2.05, 4.69) is 68.3 Å². The van der Waals surface area contributed by atoms with Crippen molar-refractivity contribution in [3.05, 3.63) is 58.8 Å². The second kappa shape index (κ2) is 7.62. The van der Waals surface area contributed by atoms with Gasteiger partial charge in [0.25, 0.3) is 0 Å². The van der Waals surface area contributed by atoms with E-state index >= 15 is 0 Å². The molecule has 0 saturated heterocycles. The predicted molar refractivity (Wildman–Crippen MR) is 91.8 cm³/mol. The lowest BCUT2D eigenvalue weighted by Gasteiger charge is -2.12. The number of nitrogens with one attached hydrogen (secondary N) is 1. The van der Waals surface area contributed by atoms with Gasteiger partial charge in [0.1, 0.15) is 0 Å². The maximum atomic E-state index is 4.56. The molecule has 0 aliphatic rings. The lowest BCUT2D eigenvalue weighted by Crippen LogP contribution is -2.17. The highest BCUT2D eigenvalue weighted by atomic mass is 32.2. The molecule has 112 valence electrons. The number of thioether (sulfide) groups is 1. The molecule has 1 heterocycles. The van der Waals surface area contributed by atoms with Crippen LogP contribution in [0.2, 0.25) is 0 Å². The van der Waals surface area contributed by atoms with Crippen LogP contribution in [0.3, 0.4) is 0 Å². The summed E-state index contributed by atoms with van der Waals surface area (Å²) in [6.45, 7) is 9.57. The van der Waals surface area contributed by atoms with E-state index in [0.29, 0.717) is 6.04 Å². The summed E-state index contributed by atoms with van der Waals surface area (Å²) < 4.78 is 0. The second-order valence-electron chi connectivity index (χ2n) is 5.49. The van der Waals surface area contributed by atoms with E-state index in [1.165, 1.54) is 22.3 Å². The molecule has 1 atom stereocenters. The van der Waals surface area contributed by atoms with Gasteiger partial charge in [-0.1, -0.05) is 42.3 Å². The monoisotopic (exact) mass is 300 g/mol. The van der Waals surface area contributed by atoms with E-state index in [-0.39, 0.29) is 0 Å². The van der Waals surface area contributed by atoms with Crippen LogP contribution in [0, 0.1) is 13.8 Å². The quantitative estimate of drug-likeness (QED) is 0.785. The van der Waals surface area contributed by atoms with Crippen LogP contribution in [0.25, 0.3) is 0 Å². The zero-order valence-corrected chi connectivity index (χ0v) is 14.1. The molecule has 0 radical (unpaired) electrons. The number of benzene rings is 1. The zero-order valence-electron chi connectivity index (χ0n) is 13.3. The Kier molecular flexibility index (Phi) is 5.83. The molecule has 3 heteroatoms. The van der Waals surface area contributed by atoms with E-state index < -0.39 is 0 Å². The highest BCUT2D eigenvalue weighted by molar-refractivity contribution is 7.98. The summed E-state index contributed by atoms with van der Waals surface area (Å²) in [4.78, 5) is 4.56. The Morgan fingerprint density at radius 1 is 1.14 bits per heavy atom. The summed E-state index contributed by atoms with van der Waals surface area (Å²) in [7, 11) is 0. The van der Waals surface area contributed by atoms with E-state index in [0.717, 1.165) is 17.3 Å². The minimum absolute atomic E-state index is 0.362. The van der Waals surface area contributed by atoms with Crippen LogP contribution < -0.4 is 5.32 Å². The minimum atomic E-state index is 0.362. The number of aromatic nitrogens is 1. The fraction of sp³-hybridized carbons (Fsp3) is 0.389. The summed E-state index contributed by atoms with van der Waals surface area (Å²) in [6, 6.07) is 11.4. The molecule has 0 spiro atoms.